The summed E-state index contributed by atoms with van der Waals surface area (Å²) in [5.74, 6) is 1.96. The van der Waals surface area contributed by atoms with Gasteiger partial charge in [0.05, 0.1) is 0 Å². The highest BCUT2D eigenvalue weighted by Gasteiger charge is 2.12. The van der Waals surface area contributed by atoms with Gasteiger partial charge in [0, 0.05) is 6.42 Å². The van der Waals surface area contributed by atoms with Crippen molar-refractivity contribution >= 4 is 5.78 Å². The average Bonchev–Trinajstić information content (AvgIpc) is 2.84. The molecule has 0 bridgehead atoms. The number of hydrogen-bond acceptors (Lipinski definition) is 3. The first kappa shape index (κ1) is 13.7. The van der Waals surface area contributed by atoms with Crippen molar-refractivity contribution in [1.82, 2.24) is 0 Å². The smallest absolute Gasteiger partial charge is 0.231 e. The van der Waals surface area contributed by atoms with Gasteiger partial charge in [-0.25, -0.2) is 0 Å². The number of unbranched alkanes of at least 4 members (excludes halogenated alkanes) is 1. The lowest BCUT2D eigenvalue weighted by Gasteiger charge is -2.00. The van der Waals surface area contributed by atoms with E-state index in [-0.39, 0.29) is 5.78 Å². The van der Waals surface area contributed by atoms with Gasteiger partial charge in [-0.3, -0.25) is 0 Å². The molecule has 1 aromatic carbocycles. The lowest BCUT2D eigenvalue weighted by atomic mass is 10.1. The highest BCUT2D eigenvalue weighted by Crippen LogP contribution is 2.32. The summed E-state index contributed by atoms with van der Waals surface area (Å²) in [7, 11) is 0. The van der Waals surface area contributed by atoms with E-state index in [4.69, 9.17) is 9.47 Å². The quantitative estimate of drug-likeness (QED) is 0.554. The predicted molar refractivity (Wildman–Crippen MR) is 74.6 cm³/mol. The molecule has 2 rings (SSSR count). The number of allylic oxidation sites excluding steroid dienone is 2. The van der Waals surface area contributed by atoms with E-state index in [0.29, 0.717) is 13.2 Å². The Morgan fingerprint density at radius 3 is 2.84 bits per heavy atom. The molecule has 3 nitrogen and oxygen atoms in total. The molecule has 0 amide bonds. The highest BCUT2D eigenvalue weighted by atomic mass is 16.7. The Kier molecular flexibility index (Phi) is 5.01. The third kappa shape index (κ3) is 4.43. The molecule has 0 saturated carbocycles. The Morgan fingerprint density at radius 1 is 1.21 bits per heavy atom. The summed E-state index contributed by atoms with van der Waals surface area (Å²) in [6.45, 7) is 1.97. The molecule has 102 valence electrons. The van der Waals surface area contributed by atoms with Gasteiger partial charge >= 0.3 is 0 Å². The molecule has 0 aliphatic carbocycles. The van der Waals surface area contributed by atoms with Crippen LogP contribution in [0.5, 0.6) is 11.5 Å². The lowest BCUT2D eigenvalue weighted by Crippen LogP contribution is -1.92. The van der Waals surface area contributed by atoms with Crippen molar-refractivity contribution in [2.45, 2.75) is 39.0 Å². The molecule has 0 saturated heterocycles. The normalized spacial score (nSPS) is 13.1. The van der Waals surface area contributed by atoms with Crippen LogP contribution in [0.2, 0.25) is 0 Å². The Labute approximate surface area is 114 Å². The minimum Gasteiger partial charge on any atom is -0.454 e. The molecule has 0 unspecified atom stereocenters. The second-order valence-electron chi connectivity index (χ2n) is 4.79. The standard InChI is InChI=1S/C16H20O3/c1-13(17)7-5-3-2-4-6-8-14-9-10-15-16(11-14)19-12-18-15/h2,4,9-11H,3,5-8,12H2,1H3/b4-2+. The molecule has 1 heterocycles. The number of ketones is 1. The molecule has 0 N–H and O–H groups in total. The summed E-state index contributed by atoms with van der Waals surface area (Å²) in [6, 6.07) is 6.09. The van der Waals surface area contributed by atoms with Gasteiger partial charge in [-0.1, -0.05) is 18.2 Å². The lowest BCUT2D eigenvalue weighted by molar-refractivity contribution is -0.117. The van der Waals surface area contributed by atoms with Crippen LogP contribution < -0.4 is 9.47 Å². The van der Waals surface area contributed by atoms with Crippen LogP contribution >= 0.6 is 0 Å². The van der Waals surface area contributed by atoms with E-state index in [1.165, 1.54) is 5.56 Å². The van der Waals surface area contributed by atoms with Crippen molar-refractivity contribution in [3.05, 3.63) is 35.9 Å². The monoisotopic (exact) mass is 260 g/mol. The second-order valence-corrected chi connectivity index (χ2v) is 4.79. The first-order valence-corrected chi connectivity index (χ1v) is 6.78. The Hall–Kier alpha value is -1.77. The largest absolute Gasteiger partial charge is 0.454 e. The van der Waals surface area contributed by atoms with Crippen molar-refractivity contribution in [3.8, 4) is 11.5 Å². The number of carbonyl (C=O) groups excluding carboxylic acids is 1. The van der Waals surface area contributed by atoms with Gasteiger partial charge in [0.15, 0.2) is 11.5 Å². The van der Waals surface area contributed by atoms with E-state index < -0.39 is 0 Å². The summed E-state index contributed by atoms with van der Waals surface area (Å²) in [6.07, 6.45) is 8.99. The molecule has 1 aliphatic heterocycles. The fourth-order valence-electron chi connectivity index (χ4n) is 2.05. The minimum absolute atomic E-state index is 0.272. The molecule has 3 heteroatoms. The molecule has 0 spiro atoms. The summed E-state index contributed by atoms with van der Waals surface area (Å²) in [4.78, 5) is 10.8. The van der Waals surface area contributed by atoms with Gasteiger partial charge < -0.3 is 14.3 Å². The number of benzene rings is 1. The average molecular weight is 260 g/mol. The topological polar surface area (TPSA) is 35.5 Å². The summed E-state index contributed by atoms with van der Waals surface area (Å²) in [5, 5.41) is 0. The Morgan fingerprint density at radius 2 is 2.00 bits per heavy atom. The zero-order valence-electron chi connectivity index (χ0n) is 11.4. The zero-order chi connectivity index (χ0) is 13.5. The molecule has 0 radical (unpaired) electrons. The molecule has 0 atom stereocenters. The number of Topliss-reactive ketones (excluding diaryl/α,β-unsaturated/α-hetero) is 1. The van der Waals surface area contributed by atoms with Crippen LogP contribution in [0.15, 0.2) is 30.4 Å². The molecular weight excluding hydrogens is 240 g/mol. The van der Waals surface area contributed by atoms with Crippen LogP contribution in [-0.4, -0.2) is 12.6 Å². The molecule has 0 fully saturated rings. The second kappa shape index (κ2) is 6.98. The van der Waals surface area contributed by atoms with Crippen LogP contribution in [0.4, 0.5) is 0 Å². The molecule has 1 aromatic rings. The molecular formula is C16H20O3. The van der Waals surface area contributed by atoms with E-state index in [2.05, 4.69) is 18.2 Å². The van der Waals surface area contributed by atoms with Crippen LogP contribution in [0, 0.1) is 0 Å². The van der Waals surface area contributed by atoms with Crippen molar-refractivity contribution in [1.29, 1.82) is 0 Å². The van der Waals surface area contributed by atoms with E-state index in [1.54, 1.807) is 6.92 Å². The first-order valence-electron chi connectivity index (χ1n) is 6.78. The van der Waals surface area contributed by atoms with E-state index >= 15 is 0 Å². The molecule has 0 aromatic heterocycles. The van der Waals surface area contributed by atoms with Crippen molar-refractivity contribution in [3.63, 3.8) is 0 Å². The predicted octanol–water partition coefficient (Wildman–Crippen LogP) is 3.66. The summed E-state index contributed by atoms with van der Waals surface area (Å²) in [5.41, 5.74) is 1.26. The number of hydrogen-bond donors (Lipinski definition) is 0. The van der Waals surface area contributed by atoms with Crippen LogP contribution in [0.3, 0.4) is 0 Å². The van der Waals surface area contributed by atoms with E-state index in [1.807, 2.05) is 12.1 Å². The van der Waals surface area contributed by atoms with Gasteiger partial charge in [-0.15, -0.1) is 0 Å². The number of rotatable bonds is 7. The van der Waals surface area contributed by atoms with Gasteiger partial charge in [0.1, 0.15) is 5.78 Å². The van der Waals surface area contributed by atoms with Gasteiger partial charge in [-0.2, -0.15) is 0 Å². The number of fused-ring (bicyclic) bond motifs is 1. The summed E-state index contributed by atoms with van der Waals surface area (Å²) < 4.78 is 10.6. The van der Waals surface area contributed by atoms with Crippen molar-refractivity contribution < 1.29 is 14.3 Å². The number of carbonyl (C=O) groups is 1. The van der Waals surface area contributed by atoms with Gasteiger partial charge in [0.2, 0.25) is 6.79 Å². The van der Waals surface area contributed by atoms with Crippen molar-refractivity contribution in [2.75, 3.05) is 6.79 Å². The van der Waals surface area contributed by atoms with Crippen LogP contribution in [0.25, 0.3) is 0 Å². The third-order valence-electron chi connectivity index (χ3n) is 3.10. The fraction of sp³-hybridized carbons (Fsp3) is 0.438. The van der Waals surface area contributed by atoms with E-state index in [0.717, 1.165) is 37.2 Å². The van der Waals surface area contributed by atoms with Crippen molar-refractivity contribution in [2.24, 2.45) is 0 Å². The van der Waals surface area contributed by atoms with Gasteiger partial charge in [-0.05, 0) is 50.3 Å². The summed E-state index contributed by atoms with van der Waals surface area (Å²) >= 11 is 0. The zero-order valence-corrected chi connectivity index (χ0v) is 11.4. The highest BCUT2D eigenvalue weighted by molar-refractivity contribution is 5.75. The van der Waals surface area contributed by atoms with Gasteiger partial charge in [0.25, 0.3) is 0 Å². The molecule has 19 heavy (non-hydrogen) atoms. The third-order valence-corrected chi connectivity index (χ3v) is 3.10. The SMILES string of the molecule is CC(=O)CCC/C=C/CCc1ccc2c(c1)OCO2. The number of aryl methyl sites for hydroxylation is 1. The maximum atomic E-state index is 10.8. The van der Waals surface area contributed by atoms with Crippen LogP contribution in [0.1, 0.15) is 38.2 Å². The molecule has 1 aliphatic rings. The fourth-order valence-corrected chi connectivity index (χ4v) is 2.05. The first-order chi connectivity index (χ1) is 9.25. The number of ether oxygens (including phenoxy) is 2. The Balaban J connectivity index is 1.68. The maximum Gasteiger partial charge on any atom is 0.231 e. The minimum atomic E-state index is 0.272. The maximum absolute atomic E-state index is 10.8. The Bertz CT molecular complexity index is 463. The van der Waals surface area contributed by atoms with Crippen LogP contribution in [-0.2, 0) is 11.2 Å². The van der Waals surface area contributed by atoms with E-state index in [9.17, 15) is 4.79 Å².